The lowest BCUT2D eigenvalue weighted by atomic mass is 9.65. The van der Waals surface area contributed by atoms with E-state index in [1.54, 1.807) is 5.57 Å². The molecule has 5 aliphatic rings. The first-order chi connectivity index (χ1) is 35.1. The minimum atomic E-state index is -0.0932. The third-order valence-electron chi connectivity index (χ3n) is 16.3. The van der Waals surface area contributed by atoms with Crippen LogP contribution in [0.15, 0.2) is 206 Å². The van der Waals surface area contributed by atoms with Crippen LogP contribution in [0.2, 0.25) is 0 Å². The number of hydrogen-bond donors (Lipinski definition) is 0. The Kier molecular flexibility index (Phi) is 11.4. The first-order valence-electron chi connectivity index (χ1n) is 26.2. The van der Waals surface area contributed by atoms with Crippen LogP contribution in [-0.4, -0.2) is 19.9 Å². The Labute approximate surface area is 418 Å². The van der Waals surface area contributed by atoms with Crippen molar-refractivity contribution in [1.29, 1.82) is 0 Å². The van der Waals surface area contributed by atoms with E-state index in [1.807, 2.05) is 0 Å². The van der Waals surface area contributed by atoms with Crippen molar-refractivity contribution in [3.63, 3.8) is 0 Å². The van der Waals surface area contributed by atoms with E-state index in [-0.39, 0.29) is 5.41 Å². The number of nitrogens with zero attached hydrogens (tertiary/aromatic N) is 4. The number of rotatable bonds is 9. The largest absolute Gasteiger partial charge is 0.233 e. The zero-order valence-electron chi connectivity index (χ0n) is 40.4. The fraction of sp³-hybridized carbons (Fsp3) is 0.224. The van der Waals surface area contributed by atoms with Gasteiger partial charge in [0.1, 0.15) is 0 Å². The molecule has 3 unspecified atom stereocenters. The van der Waals surface area contributed by atoms with E-state index in [4.69, 9.17) is 19.9 Å². The highest BCUT2D eigenvalue weighted by molar-refractivity contribution is 5.88. The maximum atomic E-state index is 5.36. The van der Waals surface area contributed by atoms with Crippen LogP contribution < -0.4 is 0 Å². The molecule has 0 radical (unpaired) electrons. The summed E-state index contributed by atoms with van der Waals surface area (Å²) < 4.78 is 0. The van der Waals surface area contributed by atoms with Crippen LogP contribution in [0.5, 0.6) is 0 Å². The number of aromatic nitrogens is 4. The maximum absolute atomic E-state index is 5.36. The fourth-order valence-corrected chi connectivity index (χ4v) is 12.3. The van der Waals surface area contributed by atoms with Gasteiger partial charge in [-0.05, 0) is 112 Å². The zero-order valence-corrected chi connectivity index (χ0v) is 40.4. The van der Waals surface area contributed by atoms with E-state index in [0.717, 1.165) is 82.4 Å². The molecular weight excluding hydrogens is 861 g/mol. The van der Waals surface area contributed by atoms with Gasteiger partial charge in [0, 0.05) is 46.1 Å². The van der Waals surface area contributed by atoms with Crippen molar-refractivity contribution >= 4 is 32.7 Å². The Morgan fingerprint density at radius 2 is 1.13 bits per heavy atom. The van der Waals surface area contributed by atoms with Gasteiger partial charge in [0.25, 0.3) is 0 Å². The molecule has 0 N–H and O–H groups in total. The standard InChI is InChI=1S/C67H58N4/c1-10-36-67(37-11-1,60-34-30-51(31-35-60)66-70-63(57-26-23-48-14-4-8-18-54(48)41-57)44-64(71-66)58-27-24-49-15-5-9-19-55(49)42-58)59-32-28-50(29-33-59)65-68-61(39-45-20-21-46-12-2-6-16-52(46)38-45)43-62(69-65)56-25-22-47-13-3-7-17-53(47)40-56/h2,4-6,8-9,12,14-16,18-21,23-35,38,40-44,47-48,54H,1,3,7,10-11,13,17,22,36-37,39H2. The second-order valence-corrected chi connectivity index (χ2v) is 20.7. The summed E-state index contributed by atoms with van der Waals surface area (Å²) in [6.07, 6.45) is 33.6. The average molecular weight is 919 g/mol. The van der Waals surface area contributed by atoms with Crippen LogP contribution in [0.1, 0.15) is 98.0 Å². The quantitative estimate of drug-likeness (QED) is 0.145. The van der Waals surface area contributed by atoms with Gasteiger partial charge in [-0.15, -0.1) is 0 Å². The number of allylic oxidation sites excluding steroid dienone is 12. The van der Waals surface area contributed by atoms with Crippen LogP contribution in [0.25, 0.3) is 66.7 Å². The first kappa shape index (κ1) is 43.5. The van der Waals surface area contributed by atoms with Crippen molar-refractivity contribution in [1.82, 2.24) is 19.9 Å². The van der Waals surface area contributed by atoms with Gasteiger partial charge in [-0.2, -0.15) is 0 Å². The fourth-order valence-electron chi connectivity index (χ4n) is 12.3. The zero-order chi connectivity index (χ0) is 47.1. The first-order valence-corrected chi connectivity index (χ1v) is 26.2. The van der Waals surface area contributed by atoms with E-state index in [2.05, 4.69) is 200 Å². The number of hydrogen-bond acceptors (Lipinski definition) is 4. The van der Waals surface area contributed by atoms with Crippen LogP contribution >= 0.6 is 0 Å². The summed E-state index contributed by atoms with van der Waals surface area (Å²) in [4.78, 5) is 21.3. The molecule has 71 heavy (non-hydrogen) atoms. The van der Waals surface area contributed by atoms with Crippen LogP contribution in [-0.2, 0) is 11.8 Å². The Morgan fingerprint density at radius 1 is 0.493 bits per heavy atom. The van der Waals surface area contributed by atoms with Gasteiger partial charge in [-0.3, -0.25) is 0 Å². The molecule has 3 atom stereocenters. The molecule has 2 fully saturated rings. The van der Waals surface area contributed by atoms with Crippen molar-refractivity contribution < 1.29 is 0 Å². The SMILES string of the molecule is C1=CC2C=CC(c3cc(-c4ccc5ccccc5c4)nc(-c4ccc(C5(c6ccc(-c7nc(Cc8ccc9ccccc9c8)cc(C8=CCC9CCCCC9=C8)n7)cc6)CCCCC5)cc4)n3)=CC2C=C1. The van der Waals surface area contributed by atoms with Crippen LogP contribution in [0.4, 0.5) is 0 Å². The highest BCUT2D eigenvalue weighted by atomic mass is 14.9. The van der Waals surface area contributed by atoms with Gasteiger partial charge in [-0.25, -0.2) is 19.9 Å². The van der Waals surface area contributed by atoms with Gasteiger partial charge < -0.3 is 0 Å². The van der Waals surface area contributed by atoms with E-state index in [1.165, 1.54) is 88.8 Å². The summed E-state index contributed by atoms with van der Waals surface area (Å²) in [6.45, 7) is 0. The topological polar surface area (TPSA) is 51.6 Å². The van der Waals surface area contributed by atoms with E-state index in [9.17, 15) is 0 Å². The van der Waals surface area contributed by atoms with E-state index in [0.29, 0.717) is 17.8 Å². The van der Waals surface area contributed by atoms with Crippen LogP contribution in [0.3, 0.4) is 0 Å². The summed E-state index contributed by atoms with van der Waals surface area (Å²) in [5.41, 5.74) is 15.0. The molecule has 0 spiro atoms. The van der Waals surface area contributed by atoms with E-state index >= 15 is 0 Å². The molecule has 2 saturated carbocycles. The Balaban J connectivity index is 0.838. The predicted octanol–water partition coefficient (Wildman–Crippen LogP) is 16.6. The minimum Gasteiger partial charge on any atom is -0.233 e. The Bertz CT molecular complexity index is 3520. The highest BCUT2D eigenvalue weighted by Gasteiger charge is 2.36. The molecule has 13 rings (SSSR count). The lowest BCUT2D eigenvalue weighted by molar-refractivity contribution is 0.346. The summed E-state index contributed by atoms with van der Waals surface area (Å²) in [7, 11) is 0. The molecule has 8 aromatic rings. The lowest BCUT2D eigenvalue weighted by Gasteiger charge is -2.39. The Morgan fingerprint density at radius 3 is 1.87 bits per heavy atom. The number of benzene rings is 6. The van der Waals surface area contributed by atoms with Crippen molar-refractivity contribution in [3.8, 4) is 34.0 Å². The number of fused-ring (bicyclic) bond motifs is 4. The highest BCUT2D eigenvalue weighted by Crippen LogP contribution is 2.46. The lowest BCUT2D eigenvalue weighted by Crippen LogP contribution is -2.30. The molecule has 0 aliphatic heterocycles. The molecule has 0 saturated heterocycles. The summed E-state index contributed by atoms with van der Waals surface area (Å²) in [6, 6.07) is 53.6. The van der Waals surface area contributed by atoms with Gasteiger partial charge in [0.05, 0.1) is 17.1 Å². The molecule has 346 valence electrons. The molecule has 6 aromatic carbocycles. The third-order valence-corrected chi connectivity index (χ3v) is 16.3. The van der Waals surface area contributed by atoms with Crippen LogP contribution in [0, 0.1) is 17.8 Å². The van der Waals surface area contributed by atoms with Gasteiger partial charge >= 0.3 is 0 Å². The van der Waals surface area contributed by atoms with Crippen molar-refractivity contribution in [2.45, 2.75) is 76.0 Å². The second kappa shape index (κ2) is 18.6. The van der Waals surface area contributed by atoms with Gasteiger partial charge in [0.15, 0.2) is 11.6 Å². The van der Waals surface area contributed by atoms with Gasteiger partial charge in [-0.1, -0.05) is 213 Å². The molecule has 5 aliphatic carbocycles. The monoisotopic (exact) mass is 918 g/mol. The predicted molar refractivity (Wildman–Crippen MR) is 294 cm³/mol. The maximum Gasteiger partial charge on any atom is 0.160 e. The minimum absolute atomic E-state index is 0.0932. The molecular formula is C67H58N4. The molecule has 4 heteroatoms. The molecule has 4 nitrogen and oxygen atoms in total. The molecule has 2 heterocycles. The van der Waals surface area contributed by atoms with Crippen molar-refractivity contribution in [3.05, 3.63) is 240 Å². The van der Waals surface area contributed by atoms with E-state index < -0.39 is 0 Å². The average Bonchev–Trinajstić information content (AvgIpc) is 3.44. The molecule has 0 bridgehead atoms. The summed E-state index contributed by atoms with van der Waals surface area (Å²) >= 11 is 0. The summed E-state index contributed by atoms with van der Waals surface area (Å²) in [5, 5.41) is 4.95. The van der Waals surface area contributed by atoms with Gasteiger partial charge in [0.2, 0.25) is 0 Å². The second-order valence-electron chi connectivity index (χ2n) is 20.7. The van der Waals surface area contributed by atoms with Crippen molar-refractivity contribution in [2.75, 3.05) is 0 Å². The smallest absolute Gasteiger partial charge is 0.160 e. The third kappa shape index (κ3) is 8.64. The normalized spacial score (nSPS) is 20.2. The molecule has 2 aromatic heterocycles. The Hall–Kier alpha value is -7.56. The summed E-state index contributed by atoms with van der Waals surface area (Å²) in [5.74, 6) is 2.94. The van der Waals surface area contributed by atoms with Crippen molar-refractivity contribution in [2.24, 2.45) is 17.8 Å². The molecule has 0 amide bonds.